The van der Waals surface area contributed by atoms with E-state index in [1.807, 2.05) is 5.38 Å². The number of carboxylic acids is 1. The summed E-state index contributed by atoms with van der Waals surface area (Å²) < 4.78 is 0. The Hall–Kier alpha value is -2.08. The number of carboxylic acid groups (broad SMARTS) is 1. The Morgan fingerprint density at radius 1 is 1.33 bits per heavy atom. The lowest BCUT2D eigenvalue weighted by atomic mass is 9.95. The summed E-state index contributed by atoms with van der Waals surface area (Å²) in [4.78, 5) is 27.6. The van der Waals surface area contributed by atoms with Crippen LogP contribution in [0.2, 0.25) is 0 Å². The number of nitrogens with one attached hydrogen (secondary N) is 2. The summed E-state index contributed by atoms with van der Waals surface area (Å²) in [5.74, 6) is -1.30. The molecule has 2 heterocycles. The molecule has 3 N–H and O–H groups in total. The molecule has 1 amide bonds. The highest BCUT2D eigenvalue weighted by atomic mass is 32.1. The molecule has 0 aromatic carbocycles. The fourth-order valence-electron chi connectivity index (χ4n) is 2.73. The van der Waals surface area contributed by atoms with E-state index in [4.69, 9.17) is 5.11 Å². The van der Waals surface area contributed by atoms with Gasteiger partial charge in [-0.1, -0.05) is 0 Å². The molecule has 6 heteroatoms. The molecule has 0 bridgehead atoms. The Bertz CT molecular complexity index is 715. The molecule has 2 aromatic rings. The summed E-state index contributed by atoms with van der Waals surface area (Å²) in [5, 5.41) is 13.7. The number of carbonyl (C=O) groups is 2. The second kappa shape index (κ2) is 5.37. The van der Waals surface area contributed by atoms with Crippen LogP contribution in [-0.4, -0.2) is 22.0 Å². The number of fused-ring (bicyclic) bond motifs is 1. The van der Waals surface area contributed by atoms with Gasteiger partial charge in [-0.15, -0.1) is 11.3 Å². The van der Waals surface area contributed by atoms with E-state index in [0.717, 1.165) is 24.8 Å². The minimum absolute atomic E-state index is 0.0185. The summed E-state index contributed by atoms with van der Waals surface area (Å²) >= 11 is 1.62. The molecule has 1 aliphatic rings. The van der Waals surface area contributed by atoms with E-state index in [-0.39, 0.29) is 11.6 Å². The zero-order chi connectivity index (χ0) is 15.0. The number of hydrogen-bond acceptors (Lipinski definition) is 3. The van der Waals surface area contributed by atoms with Crippen molar-refractivity contribution >= 4 is 28.9 Å². The van der Waals surface area contributed by atoms with Gasteiger partial charge in [-0.3, -0.25) is 4.79 Å². The largest absolute Gasteiger partial charge is 0.477 e. The second-order valence-corrected chi connectivity index (χ2v) is 6.22. The molecular weight excluding hydrogens is 288 g/mol. The Morgan fingerprint density at radius 3 is 2.86 bits per heavy atom. The van der Waals surface area contributed by atoms with Crippen LogP contribution in [0.15, 0.2) is 11.4 Å². The van der Waals surface area contributed by atoms with E-state index >= 15 is 0 Å². The molecule has 0 saturated carbocycles. The Labute approximate surface area is 126 Å². The topological polar surface area (TPSA) is 82.2 Å². The van der Waals surface area contributed by atoms with Gasteiger partial charge in [0.15, 0.2) is 0 Å². The van der Waals surface area contributed by atoms with Gasteiger partial charge < -0.3 is 15.4 Å². The van der Waals surface area contributed by atoms with Crippen molar-refractivity contribution in [3.63, 3.8) is 0 Å². The normalized spacial score (nSPS) is 13.8. The average molecular weight is 304 g/mol. The van der Waals surface area contributed by atoms with E-state index < -0.39 is 5.97 Å². The molecule has 0 aliphatic heterocycles. The van der Waals surface area contributed by atoms with Crippen molar-refractivity contribution < 1.29 is 14.7 Å². The number of rotatable bonds is 3. The molecule has 5 nitrogen and oxygen atoms in total. The number of aromatic amines is 1. The van der Waals surface area contributed by atoms with E-state index in [1.165, 1.54) is 11.3 Å². The molecule has 1 aliphatic carbocycles. The molecule has 0 atom stereocenters. The average Bonchev–Trinajstić information content (AvgIpc) is 3.02. The number of H-pyrrole nitrogens is 1. The van der Waals surface area contributed by atoms with Crippen LogP contribution >= 0.6 is 11.3 Å². The number of anilines is 1. The standard InChI is InChI=1S/C15H16N2O3S/c1-8-6-11(13(16-8)15(19)20)17-14(18)10-7-21-12-5-3-2-4-9(10)12/h6-7,16H,2-5H2,1H3,(H,17,18)(H,19,20). The van der Waals surface area contributed by atoms with Crippen molar-refractivity contribution in [1.82, 2.24) is 4.98 Å². The van der Waals surface area contributed by atoms with Crippen LogP contribution in [-0.2, 0) is 12.8 Å². The van der Waals surface area contributed by atoms with E-state index in [9.17, 15) is 9.59 Å². The van der Waals surface area contributed by atoms with Crippen molar-refractivity contribution in [2.24, 2.45) is 0 Å². The van der Waals surface area contributed by atoms with E-state index in [2.05, 4.69) is 10.3 Å². The minimum atomic E-state index is -1.08. The molecule has 2 aromatic heterocycles. The van der Waals surface area contributed by atoms with Gasteiger partial charge in [0.1, 0.15) is 5.69 Å². The van der Waals surface area contributed by atoms with E-state index in [0.29, 0.717) is 16.9 Å². The minimum Gasteiger partial charge on any atom is -0.477 e. The maximum atomic E-state index is 12.4. The molecule has 0 fully saturated rings. The smallest absolute Gasteiger partial charge is 0.354 e. The summed E-state index contributed by atoms with van der Waals surface area (Å²) in [6.45, 7) is 1.76. The third kappa shape index (κ3) is 2.58. The summed E-state index contributed by atoms with van der Waals surface area (Å²) in [6.07, 6.45) is 4.25. The number of amides is 1. The van der Waals surface area contributed by atoms with Crippen LogP contribution in [0.25, 0.3) is 0 Å². The first kappa shape index (κ1) is 13.9. The number of hydrogen-bond donors (Lipinski definition) is 3. The lowest BCUT2D eigenvalue weighted by Gasteiger charge is -2.12. The summed E-state index contributed by atoms with van der Waals surface area (Å²) in [6, 6.07) is 1.64. The lowest BCUT2D eigenvalue weighted by Crippen LogP contribution is -2.16. The fourth-order valence-corrected chi connectivity index (χ4v) is 3.86. The van der Waals surface area contributed by atoms with Gasteiger partial charge in [0.05, 0.1) is 11.3 Å². The van der Waals surface area contributed by atoms with Gasteiger partial charge in [0, 0.05) is 16.0 Å². The zero-order valence-corrected chi connectivity index (χ0v) is 12.5. The van der Waals surface area contributed by atoms with Crippen LogP contribution in [0.5, 0.6) is 0 Å². The van der Waals surface area contributed by atoms with Gasteiger partial charge in [-0.2, -0.15) is 0 Å². The zero-order valence-electron chi connectivity index (χ0n) is 11.7. The summed E-state index contributed by atoms with van der Waals surface area (Å²) in [5.41, 5.74) is 2.86. The van der Waals surface area contributed by atoms with Gasteiger partial charge in [0.25, 0.3) is 5.91 Å². The van der Waals surface area contributed by atoms with Crippen LogP contribution in [0.4, 0.5) is 5.69 Å². The first-order valence-corrected chi connectivity index (χ1v) is 7.77. The number of aromatic nitrogens is 1. The predicted octanol–water partition coefficient (Wildman–Crippen LogP) is 3.21. The molecule has 0 saturated heterocycles. The number of aromatic carboxylic acids is 1. The van der Waals surface area contributed by atoms with Crippen molar-refractivity contribution in [3.05, 3.63) is 38.8 Å². The Balaban J connectivity index is 1.87. The van der Waals surface area contributed by atoms with Crippen LogP contribution in [0.1, 0.15) is 49.8 Å². The molecular formula is C15H16N2O3S. The van der Waals surface area contributed by atoms with Gasteiger partial charge in [0.2, 0.25) is 0 Å². The third-order valence-electron chi connectivity index (χ3n) is 3.72. The highest BCUT2D eigenvalue weighted by Crippen LogP contribution is 2.31. The SMILES string of the molecule is Cc1cc(NC(=O)c2csc3c2CCCC3)c(C(=O)O)[nH]1. The molecule has 0 spiro atoms. The number of thiophene rings is 1. The third-order valence-corrected chi connectivity index (χ3v) is 4.81. The molecule has 0 radical (unpaired) electrons. The van der Waals surface area contributed by atoms with Crippen molar-refractivity contribution in [3.8, 4) is 0 Å². The molecule has 110 valence electrons. The highest BCUT2D eigenvalue weighted by Gasteiger charge is 2.22. The quantitative estimate of drug-likeness (QED) is 0.814. The number of carbonyl (C=O) groups excluding carboxylic acids is 1. The predicted molar refractivity (Wildman–Crippen MR) is 81.4 cm³/mol. The monoisotopic (exact) mass is 304 g/mol. The first-order chi connectivity index (χ1) is 10.1. The first-order valence-electron chi connectivity index (χ1n) is 6.89. The second-order valence-electron chi connectivity index (χ2n) is 5.26. The van der Waals surface area contributed by atoms with E-state index in [1.54, 1.807) is 24.3 Å². The fraction of sp³-hybridized carbons (Fsp3) is 0.333. The number of aryl methyl sites for hydroxylation is 2. The van der Waals surface area contributed by atoms with Crippen molar-refractivity contribution in [2.75, 3.05) is 5.32 Å². The van der Waals surface area contributed by atoms with Crippen molar-refractivity contribution in [2.45, 2.75) is 32.6 Å². The van der Waals surface area contributed by atoms with Crippen molar-refractivity contribution in [1.29, 1.82) is 0 Å². The van der Waals surface area contributed by atoms with Gasteiger partial charge in [-0.05, 0) is 44.2 Å². The van der Waals surface area contributed by atoms with Crippen LogP contribution in [0.3, 0.4) is 0 Å². The lowest BCUT2D eigenvalue weighted by molar-refractivity contribution is 0.0692. The maximum Gasteiger partial charge on any atom is 0.354 e. The molecule has 21 heavy (non-hydrogen) atoms. The molecule has 3 rings (SSSR count). The van der Waals surface area contributed by atoms with Crippen LogP contribution < -0.4 is 5.32 Å². The highest BCUT2D eigenvalue weighted by molar-refractivity contribution is 7.10. The van der Waals surface area contributed by atoms with Gasteiger partial charge >= 0.3 is 5.97 Å². The Morgan fingerprint density at radius 2 is 2.10 bits per heavy atom. The van der Waals surface area contributed by atoms with Gasteiger partial charge in [-0.25, -0.2) is 4.79 Å². The van der Waals surface area contributed by atoms with Crippen LogP contribution in [0, 0.1) is 6.92 Å². The maximum absolute atomic E-state index is 12.4. The summed E-state index contributed by atoms with van der Waals surface area (Å²) in [7, 11) is 0. The Kier molecular flexibility index (Phi) is 3.55. The molecule has 0 unspecified atom stereocenters.